The number of hydrogen-bond acceptors (Lipinski definition) is 8. The van der Waals surface area contributed by atoms with E-state index in [0.717, 1.165) is 38.7 Å². The van der Waals surface area contributed by atoms with Crippen molar-refractivity contribution < 1.29 is 23.9 Å². The van der Waals surface area contributed by atoms with Crippen LogP contribution in [0.2, 0.25) is 0 Å². The Kier molecular flexibility index (Phi) is 5.77. The van der Waals surface area contributed by atoms with E-state index in [-0.39, 0.29) is 24.2 Å². The molecular weight excluding hydrogens is 558 g/mol. The Morgan fingerprint density at radius 3 is 2.36 bits per heavy atom. The molecule has 0 amide bonds. The molecule has 4 heterocycles. The first-order valence-corrected chi connectivity index (χ1v) is 14.4. The first-order valence-electron chi connectivity index (χ1n) is 14.4. The second-order valence-electron chi connectivity index (χ2n) is 11.0. The molecule has 216 valence electrons. The van der Waals surface area contributed by atoms with Crippen molar-refractivity contribution in [2.24, 2.45) is 5.16 Å². The third-order valence-electron chi connectivity index (χ3n) is 8.67. The van der Waals surface area contributed by atoms with Crippen molar-refractivity contribution in [3.05, 3.63) is 123 Å². The molecule has 2 aliphatic heterocycles. The molecule has 9 nitrogen and oxygen atoms in total. The van der Waals surface area contributed by atoms with E-state index >= 15 is 0 Å². The summed E-state index contributed by atoms with van der Waals surface area (Å²) in [5, 5.41) is 5.27. The molecular formula is C35H25N3O6. The summed E-state index contributed by atoms with van der Waals surface area (Å²) in [6.45, 7) is 1.31. The van der Waals surface area contributed by atoms with Crippen LogP contribution in [0, 0.1) is 0 Å². The zero-order chi connectivity index (χ0) is 30.0. The fourth-order valence-corrected chi connectivity index (χ4v) is 6.55. The van der Waals surface area contributed by atoms with Gasteiger partial charge in [0.15, 0.2) is 0 Å². The highest BCUT2D eigenvalue weighted by molar-refractivity contribution is 6.24. The van der Waals surface area contributed by atoms with E-state index in [1.165, 1.54) is 0 Å². The maximum Gasteiger partial charge on any atom is 0.355 e. The third-order valence-corrected chi connectivity index (χ3v) is 8.67. The number of para-hydroxylation sites is 1. The summed E-state index contributed by atoms with van der Waals surface area (Å²) in [5.74, 6) is -1.55. The topological polar surface area (TPSA) is 109 Å². The Morgan fingerprint density at radius 2 is 1.64 bits per heavy atom. The Labute approximate surface area is 251 Å². The Bertz CT molecular complexity index is 2100. The number of carbonyl (C=O) groups is 2. The number of ether oxygens (including phenoxy) is 2. The van der Waals surface area contributed by atoms with Crippen LogP contribution in [-0.4, -0.2) is 33.8 Å². The highest BCUT2D eigenvalue weighted by Crippen LogP contribution is 2.41. The number of pyridine rings is 2. The van der Waals surface area contributed by atoms with Crippen LogP contribution in [0.5, 0.6) is 0 Å². The van der Waals surface area contributed by atoms with Gasteiger partial charge >= 0.3 is 11.9 Å². The molecule has 0 spiro atoms. The Morgan fingerprint density at radius 1 is 0.955 bits per heavy atom. The van der Waals surface area contributed by atoms with Crippen LogP contribution in [0.1, 0.15) is 41.2 Å². The average Bonchev–Trinajstić information content (AvgIpc) is 3.57. The van der Waals surface area contributed by atoms with Gasteiger partial charge < -0.3 is 18.9 Å². The standard InChI is InChI=1S/C35H25N3O6/c1-2-35(44-30(39)19-43-37-32-24-12-6-4-10-22(24)23-11-5-7-13-25(23)32)27-16-29-31-21(15-20-9-3-8-14-28(20)36-31)17-38(29)33(40)26(27)18-42-34(35)41/h3-16H,2,17-19H2,1H3/t35-/m0/s1. The maximum atomic E-state index is 13.7. The van der Waals surface area contributed by atoms with Crippen molar-refractivity contribution in [3.8, 4) is 22.5 Å². The molecule has 0 unspecified atom stereocenters. The quantitative estimate of drug-likeness (QED) is 0.205. The molecule has 2 aromatic heterocycles. The number of aromatic nitrogens is 2. The molecule has 0 saturated carbocycles. The third kappa shape index (κ3) is 3.75. The number of hydrogen-bond donors (Lipinski definition) is 0. The monoisotopic (exact) mass is 583 g/mol. The minimum Gasteiger partial charge on any atom is -0.457 e. The summed E-state index contributed by atoms with van der Waals surface area (Å²) < 4.78 is 12.9. The lowest BCUT2D eigenvalue weighted by atomic mass is 9.85. The summed E-state index contributed by atoms with van der Waals surface area (Å²) in [6.07, 6.45) is 0.0563. The van der Waals surface area contributed by atoms with E-state index in [9.17, 15) is 14.4 Å². The van der Waals surface area contributed by atoms with E-state index in [4.69, 9.17) is 19.3 Å². The molecule has 3 aliphatic rings. The molecule has 0 saturated heterocycles. The molecule has 3 aromatic carbocycles. The van der Waals surface area contributed by atoms with Crippen molar-refractivity contribution in [1.82, 2.24) is 9.55 Å². The van der Waals surface area contributed by atoms with Gasteiger partial charge in [0.05, 0.1) is 29.0 Å². The lowest BCUT2D eigenvalue weighted by molar-refractivity contribution is -0.191. The molecule has 0 bridgehead atoms. The van der Waals surface area contributed by atoms with Gasteiger partial charge in [0, 0.05) is 27.6 Å². The first kappa shape index (κ1) is 26.1. The molecule has 0 fully saturated rings. The largest absolute Gasteiger partial charge is 0.457 e. The van der Waals surface area contributed by atoms with Crippen molar-refractivity contribution >= 4 is 28.6 Å². The first-order chi connectivity index (χ1) is 21.5. The van der Waals surface area contributed by atoms with Crippen molar-refractivity contribution in [1.29, 1.82) is 0 Å². The molecule has 44 heavy (non-hydrogen) atoms. The Balaban J connectivity index is 1.12. The number of oxime groups is 1. The number of rotatable bonds is 5. The van der Waals surface area contributed by atoms with E-state index < -0.39 is 24.1 Å². The van der Waals surface area contributed by atoms with E-state index in [1.54, 1.807) is 17.6 Å². The zero-order valence-electron chi connectivity index (χ0n) is 23.7. The van der Waals surface area contributed by atoms with Gasteiger partial charge in [-0.15, -0.1) is 0 Å². The Hall–Kier alpha value is -5.57. The molecule has 8 rings (SSSR count). The summed E-state index contributed by atoms with van der Waals surface area (Å²) in [7, 11) is 0. The van der Waals surface area contributed by atoms with Gasteiger partial charge in [0.25, 0.3) is 5.56 Å². The number of fused-ring (bicyclic) bond motifs is 8. The number of benzene rings is 3. The predicted molar refractivity (Wildman–Crippen MR) is 162 cm³/mol. The number of cyclic esters (lactones) is 1. The van der Waals surface area contributed by atoms with Crippen LogP contribution >= 0.6 is 0 Å². The van der Waals surface area contributed by atoms with Gasteiger partial charge in [0.2, 0.25) is 12.2 Å². The van der Waals surface area contributed by atoms with Crippen LogP contribution in [-0.2, 0) is 42.7 Å². The number of carbonyl (C=O) groups excluding carboxylic acids is 2. The van der Waals surface area contributed by atoms with Crippen molar-refractivity contribution in [2.45, 2.75) is 32.1 Å². The smallest absolute Gasteiger partial charge is 0.355 e. The predicted octanol–water partition coefficient (Wildman–Crippen LogP) is 5.08. The second-order valence-corrected chi connectivity index (χ2v) is 11.0. The summed E-state index contributed by atoms with van der Waals surface area (Å²) in [4.78, 5) is 50.7. The van der Waals surface area contributed by atoms with Gasteiger partial charge in [-0.3, -0.25) is 4.79 Å². The lowest BCUT2D eigenvalue weighted by Gasteiger charge is -2.35. The summed E-state index contributed by atoms with van der Waals surface area (Å²) in [6, 6.07) is 27.2. The molecule has 9 heteroatoms. The fourth-order valence-electron chi connectivity index (χ4n) is 6.55. The fraction of sp³-hybridized carbons (Fsp3) is 0.171. The maximum absolute atomic E-state index is 13.7. The molecule has 1 atom stereocenters. The van der Waals surface area contributed by atoms with Gasteiger partial charge in [-0.2, -0.15) is 0 Å². The average molecular weight is 584 g/mol. The van der Waals surface area contributed by atoms with Gasteiger partial charge in [-0.1, -0.05) is 78.8 Å². The molecule has 0 radical (unpaired) electrons. The van der Waals surface area contributed by atoms with E-state index in [0.29, 0.717) is 29.2 Å². The highest BCUT2D eigenvalue weighted by atomic mass is 16.7. The number of esters is 2. The van der Waals surface area contributed by atoms with Gasteiger partial charge in [0.1, 0.15) is 12.3 Å². The minimum atomic E-state index is -1.82. The normalized spacial score (nSPS) is 17.2. The number of nitrogens with zero attached hydrogens (tertiary/aromatic N) is 3. The molecule has 0 N–H and O–H groups in total. The SMILES string of the molecule is CC[C@@]1(OC(=O)CON=C2c3ccccc3-c3ccccc32)C(=O)OCc2c1cc1n(c2=O)Cc2cc3ccccc3nc2-1. The van der Waals surface area contributed by atoms with Crippen LogP contribution in [0.4, 0.5) is 0 Å². The van der Waals surface area contributed by atoms with Crippen LogP contribution in [0.25, 0.3) is 33.4 Å². The van der Waals surface area contributed by atoms with Crippen LogP contribution in [0.3, 0.4) is 0 Å². The minimum absolute atomic E-state index is 0.0563. The van der Waals surface area contributed by atoms with Crippen molar-refractivity contribution in [2.75, 3.05) is 6.61 Å². The van der Waals surface area contributed by atoms with Crippen LogP contribution < -0.4 is 5.56 Å². The van der Waals surface area contributed by atoms with Gasteiger partial charge in [-0.05, 0) is 35.7 Å². The summed E-state index contributed by atoms with van der Waals surface area (Å²) in [5.41, 5.74) is 5.86. The lowest BCUT2D eigenvalue weighted by Crippen LogP contribution is -2.48. The van der Waals surface area contributed by atoms with E-state index in [2.05, 4.69) is 5.16 Å². The molecule has 1 aliphatic carbocycles. The second kappa shape index (κ2) is 9.74. The highest BCUT2D eigenvalue weighted by Gasteiger charge is 2.50. The van der Waals surface area contributed by atoms with Crippen LogP contribution in [0.15, 0.2) is 94.9 Å². The summed E-state index contributed by atoms with van der Waals surface area (Å²) >= 11 is 0. The zero-order valence-corrected chi connectivity index (χ0v) is 23.7. The molecule has 5 aromatic rings. The van der Waals surface area contributed by atoms with Gasteiger partial charge in [-0.25, -0.2) is 14.6 Å². The van der Waals surface area contributed by atoms with Crippen molar-refractivity contribution in [3.63, 3.8) is 0 Å². The van der Waals surface area contributed by atoms with E-state index in [1.807, 2.05) is 78.9 Å².